The smallest absolute Gasteiger partial charge is 0.338 e. The first-order valence-electron chi connectivity index (χ1n) is 16.7. The molecular weight excluding hydrogens is 732 g/mol. The summed E-state index contributed by atoms with van der Waals surface area (Å²) < 4.78 is 32.0. The van der Waals surface area contributed by atoms with Crippen LogP contribution in [0.1, 0.15) is 57.4 Å². The van der Waals surface area contributed by atoms with Crippen molar-refractivity contribution in [1.29, 1.82) is 0 Å². The summed E-state index contributed by atoms with van der Waals surface area (Å²) in [6.07, 6.45) is 1.72. The third-order valence-electron chi connectivity index (χ3n) is 8.21. The lowest BCUT2D eigenvalue weighted by atomic mass is 9.95. The Kier molecular flexibility index (Phi) is 11.0. The fourth-order valence-electron chi connectivity index (χ4n) is 6.02. The molecule has 6 rings (SSSR count). The van der Waals surface area contributed by atoms with Gasteiger partial charge in [0.05, 0.1) is 52.7 Å². The molecule has 1 atom stereocenters. The Morgan fingerprint density at radius 1 is 0.961 bits per heavy atom. The fraction of sp³-hybridized carbons (Fsp3) is 0.275. The van der Waals surface area contributed by atoms with Crippen LogP contribution >= 0.6 is 27.3 Å². The van der Waals surface area contributed by atoms with Gasteiger partial charge in [-0.1, -0.05) is 53.8 Å². The van der Waals surface area contributed by atoms with E-state index in [4.69, 9.17) is 28.7 Å². The van der Waals surface area contributed by atoms with Crippen LogP contribution in [0.4, 0.5) is 0 Å². The molecule has 4 aromatic carbocycles. The van der Waals surface area contributed by atoms with Crippen LogP contribution in [0.3, 0.4) is 0 Å². The summed E-state index contributed by atoms with van der Waals surface area (Å²) in [6.45, 7) is 10.2. The lowest BCUT2D eigenvalue weighted by Gasteiger charge is -2.25. The Hall–Kier alpha value is -4.87. The van der Waals surface area contributed by atoms with Gasteiger partial charge >= 0.3 is 5.97 Å². The fourth-order valence-corrected chi connectivity index (χ4v) is 7.64. The molecule has 11 heteroatoms. The second-order valence-corrected chi connectivity index (χ2v) is 14.0. The number of thiazole rings is 1. The molecule has 5 aromatic rings. The lowest BCUT2D eigenvalue weighted by Crippen LogP contribution is -2.40. The van der Waals surface area contributed by atoms with Crippen molar-refractivity contribution in [3.05, 3.63) is 125 Å². The van der Waals surface area contributed by atoms with Gasteiger partial charge in [0.25, 0.3) is 5.56 Å². The number of hydrogen-bond donors (Lipinski definition) is 0. The number of carbonyl (C=O) groups is 1. The number of carbonyl (C=O) groups excluding carboxylic acids is 1. The van der Waals surface area contributed by atoms with E-state index in [0.717, 1.165) is 16.5 Å². The van der Waals surface area contributed by atoms with Crippen molar-refractivity contribution >= 4 is 50.1 Å². The second kappa shape index (κ2) is 15.6. The largest absolute Gasteiger partial charge is 0.493 e. The van der Waals surface area contributed by atoms with Crippen LogP contribution in [0.25, 0.3) is 16.8 Å². The normalized spacial score (nSPS) is 14.4. The van der Waals surface area contributed by atoms with Crippen molar-refractivity contribution < 1.29 is 28.5 Å². The highest BCUT2D eigenvalue weighted by molar-refractivity contribution is 9.10. The van der Waals surface area contributed by atoms with Crippen LogP contribution in [-0.2, 0) is 16.1 Å². The van der Waals surface area contributed by atoms with Crippen molar-refractivity contribution in [2.24, 2.45) is 4.99 Å². The number of esters is 1. The predicted molar refractivity (Wildman–Crippen MR) is 203 cm³/mol. The minimum atomic E-state index is -0.805. The summed E-state index contributed by atoms with van der Waals surface area (Å²) in [4.78, 5) is 32.9. The molecule has 0 unspecified atom stereocenters. The van der Waals surface area contributed by atoms with E-state index in [0.29, 0.717) is 61.3 Å². The maximum atomic E-state index is 14.3. The van der Waals surface area contributed by atoms with Gasteiger partial charge in [0.15, 0.2) is 27.8 Å². The molecule has 264 valence electrons. The summed E-state index contributed by atoms with van der Waals surface area (Å²) in [5.74, 6) is 1.61. The molecule has 51 heavy (non-hydrogen) atoms. The molecule has 0 fully saturated rings. The highest BCUT2D eigenvalue weighted by Crippen LogP contribution is 2.39. The zero-order chi connectivity index (χ0) is 36.2. The monoisotopic (exact) mass is 770 g/mol. The lowest BCUT2D eigenvalue weighted by molar-refractivity contribution is -0.139. The van der Waals surface area contributed by atoms with E-state index in [1.807, 2.05) is 51.1 Å². The zero-order valence-corrected chi connectivity index (χ0v) is 31.7. The molecular formula is C40H39BrN2O7S. The standard InChI is InChI=1S/C40H39BrN2O7S/c1-7-47-33-19-26(18-30(41)37(33)49-22-25-13-14-27-11-9-10-12-28(27)17-25)20-34-38(44)43-36(29-15-16-31(50-23(3)4)32(21-29)46-6)35(39(45)48-8-2)24(5)42-40(43)51-34/h9-21,23,36H,7-8,22H2,1-6H3/b34-20-/t36-/m0/s1. The Balaban J connectivity index is 1.40. The Bertz CT molecular complexity index is 2330. The number of hydrogen-bond acceptors (Lipinski definition) is 9. The quantitative estimate of drug-likeness (QED) is 0.121. The van der Waals surface area contributed by atoms with Gasteiger partial charge in [0.1, 0.15) is 6.61 Å². The SMILES string of the molecule is CCOC(=O)C1=C(C)N=c2s/c(=C\c3cc(Br)c(OCc4ccc5ccccc5c4)c(OCC)c3)c(=O)n2[C@H]1c1ccc(OC(C)C)c(OC)c1. The average Bonchev–Trinajstić information content (AvgIpc) is 3.40. The van der Waals surface area contributed by atoms with E-state index >= 15 is 0 Å². The first-order chi connectivity index (χ1) is 24.6. The molecule has 0 bridgehead atoms. The molecule has 0 spiro atoms. The predicted octanol–water partition coefficient (Wildman–Crippen LogP) is 7.49. The summed E-state index contributed by atoms with van der Waals surface area (Å²) in [5, 5.41) is 2.31. The van der Waals surface area contributed by atoms with Crippen molar-refractivity contribution in [1.82, 2.24) is 4.57 Å². The Morgan fingerprint density at radius 2 is 1.75 bits per heavy atom. The number of benzene rings is 4. The summed E-state index contributed by atoms with van der Waals surface area (Å²) in [7, 11) is 1.56. The van der Waals surface area contributed by atoms with Gasteiger partial charge in [-0.05, 0) is 114 Å². The van der Waals surface area contributed by atoms with Gasteiger partial charge in [-0.15, -0.1) is 0 Å². The number of rotatable bonds is 12. The van der Waals surface area contributed by atoms with Gasteiger partial charge in [-0.3, -0.25) is 9.36 Å². The average molecular weight is 772 g/mol. The highest BCUT2D eigenvalue weighted by Gasteiger charge is 2.34. The molecule has 0 amide bonds. The number of nitrogens with zero attached hydrogens (tertiary/aromatic N) is 2. The van der Waals surface area contributed by atoms with E-state index in [1.54, 1.807) is 43.7 Å². The number of ether oxygens (including phenoxy) is 5. The molecule has 1 aromatic heterocycles. The maximum absolute atomic E-state index is 14.3. The van der Waals surface area contributed by atoms with Gasteiger partial charge in [-0.2, -0.15) is 0 Å². The van der Waals surface area contributed by atoms with Crippen LogP contribution in [0.15, 0.2) is 98.3 Å². The molecule has 1 aliphatic rings. The van der Waals surface area contributed by atoms with Crippen LogP contribution in [0, 0.1) is 0 Å². The third-order valence-corrected chi connectivity index (χ3v) is 9.78. The first-order valence-corrected chi connectivity index (χ1v) is 18.3. The first kappa shape index (κ1) is 35.9. The van der Waals surface area contributed by atoms with Gasteiger partial charge in [0, 0.05) is 0 Å². The number of aromatic nitrogens is 1. The van der Waals surface area contributed by atoms with Crippen molar-refractivity contribution in [2.75, 3.05) is 20.3 Å². The maximum Gasteiger partial charge on any atom is 0.338 e. The summed E-state index contributed by atoms with van der Waals surface area (Å²) in [5.41, 5.74) is 2.86. The number of halogens is 1. The van der Waals surface area contributed by atoms with Crippen LogP contribution in [0.5, 0.6) is 23.0 Å². The van der Waals surface area contributed by atoms with Crippen LogP contribution < -0.4 is 33.8 Å². The highest BCUT2D eigenvalue weighted by atomic mass is 79.9. The zero-order valence-electron chi connectivity index (χ0n) is 29.3. The molecule has 1 aliphatic heterocycles. The van der Waals surface area contributed by atoms with Gasteiger partial charge in [0.2, 0.25) is 0 Å². The molecule has 0 saturated carbocycles. The van der Waals surface area contributed by atoms with Crippen LogP contribution in [0.2, 0.25) is 0 Å². The number of allylic oxidation sites excluding steroid dienone is 1. The van der Waals surface area contributed by atoms with Gasteiger partial charge < -0.3 is 23.7 Å². The van der Waals surface area contributed by atoms with Crippen LogP contribution in [-0.4, -0.2) is 37.0 Å². The molecule has 0 saturated heterocycles. The minimum absolute atomic E-state index is 0.0758. The van der Waals surface area contributed by atoms with E-state index in [9.17, 15) is 9.59 Å². The van der Waals surface area contributed by atoms with Crippen molar-refractivity contribution in [3.63, 3.8) is 0 Å². The summed E-state index contributed by atoms with van der Waals surface area (Å²) >= 11 is 4.93. The number of fused-ring (bicyclic) bond motifs is 2. The topological polar surface area (TPSA) is 97.6 Å². The summed E-state index contributed by atoms with van der Waals surface area (Å²) in [6, 6.07) is 22.8. The van der Waals surface area contributed by atoms with Crippen molar-refractivity contribution in [3.8, 4) is 23.0 Å². The molecule has 0 radical (unpaired) electrons. The van der Waals surface area contributed by atoms with E-state index in [-0.39, 0.29) is 23.8 Å². The second-order valence-electron chi connectivity index (χ2n) is 12.1. The van der Waals surface area contributed by atoms with E-state index in [1.165, 1.54) is 16.7 Å². The molecule has 9 nitrogen and oxygen atoms in total. The molecule has 0 aliphatic carbocycles. The van der Waals surface area contributed by atoms with Crippen molar-refractivity contribution in [2.45, 2.75) is 53.4 Å². The molecule has 2 heterocycles. The number of methoxy groups -OCH3 is 1. The van der Waals surface area contributed by atoms with Gasteiger partial charge in [-0.25, -0.2) is 9.79 Å². The minimum Gasteiger partial charge on any atom is -0.493 e. The third kappa shape index (κ3) is 7.60. The molecule has 0 N–H and O–H groups in total. The van der Waals surface area contributed by atoms with E-state index in [2.05, 4.69) is 46.3 Å². The Labute approximate surface area is 308 Å². The Morgan fingerprint density at radius 3 is 2.47 bits per heavy atom. The van der Waals surface area contributed by atoms with E-state index < -0.39 is 12.0 Å².